The molecule has 0 aliphatic carbocycles. The first-order valence-corrected chi connectivity index (χ1v) is 8.46. The molecular formula is C19H17ClN4O3. The van der Waals surface area contributed by atoms with Gasteiger partial charge in [0.2, 0.25) is 0 Å². The van der Waals surface area contributed by atoms with Crippen LogP contribution in [0.1, 0.15) is 15.9 Å². The van der Waals surface area contributed by atoms with Gasteiger partial charge < -0.3 is 15.4 Å². The normalized spacial score (nSPS) is 10.3. The van der Waals surface area contributed by atoms with E-state index in [1.54, 1.807) is 36.4 Å². The fraction of sp³-hybridized carbons (Fsp3) is 0.105. The van der Waals surface area contributed by atoms with E-state index in [1.165, 1.54) is 13.3 Å². The Balaban J connectivity index is 1.68. The van der Waals surface area contributed by atoms with Gasteiger partial charge in [-0.3, -0.25) is 9.89 Å². The van der Waals surface area contributed by atoms with Crippen molar-refractivity contribution in [3.63, 3.8) is 0 Å². The molecule has 1 aromatic heterocycles. The topological polar surface area (TPSA) is 96.1 Å². The summed E-state index contributed by atoms with van der Waals surface area (Å²) >= 11 is 5.91. The summed E-state index contributed by atoms with van der Waals surface area (Å²) in [5, 5.41) is 12.9. The van der Waals surface area contributed by atoms with Crippen molar-refractivity contribution in [2.45, 2.75) is 6.54 Å². The molecule has 0 spiro atoms. The van der Waals surface area contributed by atoms with Crippen molar-refractivity contribution >= 4 is 29.3 Å². The van der Waals surface area contributed by atoms with Crippen molar-refractivity contribution in [1.82, 2.24) is 15.5 Å². The van der Waals surface area contributed by atoms with Gasteiger partial charge in [-0.1, -0.05) is 35.9 Å². The molecule has 2 aromatic carbocycles. The number of H-pyrrole nitrogens is 1. The molecule has 3 rings (SSSR count). The molecule has 0 aliphatic heterocycles. The molecule has 0 fully saturated rings. The number of aromatic amines is 1. The van der Waals surface area contributed by atoms with E-state index in [1.807, 2.05) is 12.1 Å². The Morgan fingerprint density at radius 1 is 1.11 bits per heavy atom. The van der Waals surface area contributed by atoms with E-state index >= 15 is 0 Å². The molecule has 138 valence electrons. The van der Waals surface area contributed by atoms with Crippen LogP contribution in [-0.4, -0.2) is 29.3 Å². The molecule has 27 heavy (non-hydrogen) atoms. The molecule has 3 aromatic rings. The maximum Gasteiger partial charge on any atom is 0.407 e. The number of carbonyl (C=O) groups excluding carboxylic acids is 2. The van der Waals surface area contributed by atoms with E-state index in [0.717, 1.165) is 11.1 Å². The van der Waals surface area contributed by atoms with Crippen LogP contribution < -0.4 is 10.6 Å². The van der Waals surface area contributed by atoms with Gasteiger partial charge in [-0.05, 0) is 29.8 Å². The number of alkyl carbamates (subject to hydrolysis) is 1. The SMILES string of the molecule is COC(=O)NCc1ccc(NC(=O)c2cn[nH]c2-c2ccc(Cl)cc2)cc1. The zero-order chi connectivity index (χ0) is 19.2. The minimum atomic E-state index is -0.498. The fourth-order valence-electron chi connectivity index (χ4n) is 2.45. The molecule has 0 saturated carbocycles. The predicted octanol–water partition coefficient (Wildman–Crippen LogP) is 3.84. The molecule has 0 atom stereocenters. The predicted molar refractivity (Wildman–Crippen MR) is 103 cm³/mol. The van der Waals surface area contributed by atoms with E-state index in [-0.39, 0.29) is 5.91 Å². The molecule has 0 saturated heterocycles. The zero-order valence-corrected chi connectivity index (χ0v) is 15.2. The first-order valence-electron chi connectivity index (χ1n) is 8.08. The fourth-order valence-corrected chi connectivity index (χ4v) is 2.57. The summed E-state index contributed by atoms with van der Waals surface area (Å²) < 4.78 is 4.52. The second-order valence-corrected chi connectivity index (χ2v) is 6.10. The Morgan fingerprint density at radius 2 is 1.81 bits per heavy atom. The van der Waals surface area contributed by atoms with Crippen molar-refractivity contribution < 1.29 is 14.3 Å². The maximum absolute atomic E-state index is 12.6. The Kier molecular flexibility index (Phi) is 5.73. The van der Waals surface area contributed by atoms with Gasteiger partial charge in [-0.15, -0.1) is 0 Å². The molecule has 7 nitrogen and oxygen atoms in total. The summed E-state index contributed by atoms with van der Waals surface area (Å²) in [5.41, 5.74) is 3.36. The van der Waals surface area contributed by atoms with Gasteiger partial charge >= 0.3 is 6.09 Å². The van der Waals surface area contributed by atoms with Gasteiger partial charge in [-0.2, -0.15) is 5.10 Å². The molecule has 3 N–H and O–H groups in total. The number of rotatable bonds is 5. The van der Waals surface area contributed by atoms with Crippen LogP contribution in [0.15, 0.2) is 54.7 Å². The lowest BCUT2D eigenvalue weighted by Crippen LogP contribution is -2.22. The van der Waals surface area contributed by atoms with Crippen molar-refractivity contribution in [3.8, 4) is 11.3 Å². The number of hydrogen-bond acceptors (Lipinski definition) is 4. The quantitative estimate of drug-likeness (QED) is 0.622. The number of anilines is 1. The second-order valence-electron chi connectivity index (χ2n) is 5.66. The Hall–Kier alpha value is -3.32. The summed E-state index contributed by atoms with van der Waals surface area (Å²) in [7, 11) is 1.31. The van der Waals surface area contributed by atoms with Gasteiger partial charge in [-0.25, -0.2) is 4.79 Å². The van der Waals surface area contributed by atoms with Crippen LogP contribution in [0.25, 0.3) is 11.3 Å². The number of nitrogens with zero attached hydrogens (tertiary/aromatic N) is 1. The molecular weight excluding hydrogens is 368 g/mol. The van der Waals surface area contributed by atoms with Crippen LogP contribution in [0.5, 0.6) is 0 Å². The third kappa shape index (κ3) is 4.65. The summed E-state index contributed by atoms with van der Waals surface area (Å²) in [6.45, 7) is 0.337. The minimum absolute atomic E-state index is 0.283. The van der Waals surface area contributed by atoms with Gasteiger partial charge in [0.05, 0.1) is 24.6 Å². The van der Waals surface area contributed by atoms with E-state index in [9.17, 15) is 9.59 Å². The molecule has 0 aliphatic rings. The number of methoxy groups -OCH3 is 1. The first kappa shape index (κ1) is 18.5. The average Bonchev–Trinajstić information content (AvgIpc) is 3.17. The highest BCUT2D eigenvalue weighted by Gasteiger charge is 2.15. The van der Waals surface area contributed by atoms with Crippen LogP contribution in [0.4, 0.5) is 10.5 Å². The smallest absolute Gasteiger partial charge is 0.407 e. The number of aromatic nitrogens is 2. The van der Waals surface area contributed by atoms with Gasteiger partial charge in [0, 0.05) is 22.8 Å². The van der Waals surface area contributed by atoms with Crippen LogP contribution in [0.3, 0.4) is 0 Å². The lowest BCUT2D eigenvalue weighted by Gasteiger charge is -2.08. The molecule has 1 heterocycles. The third-order valence-electron chi connectivity index (χ3n) is 3.85. The zero-order valence-electron chi connectivity index (χ0n) is 14.5. The minimum Gasteiger partial charge on any atom is -0.453 e. The number of halogens is 1. The van der Waals surface area contributed by atoms with Crippen molar-refractivity contribution in [2.24, 2.45) is 0 Å². The maximum atomic E-state index is 12.6. The molecule has 0 radical (unpaired) electrons. The Bertz CT molecular complexity index is 936. The lowest BCUT2D eigenvalue weighted by molar-refractivity contribution is 0.102. The molecule has 0 bridgehead atoms. The third-order valence-corrected chi connectivity index (χ3v) is 4.10. The van der Waals surface area contributed by atoms with Gasteiger partial charge in [0.25, 0.3) is 5.91 Å². The van der Waals surface area contributed by atoms with Gasteiger partial charge in [0.1, 0.15) is 0 Å². The van der Waals surface area contributed by atoms with Crippen LogP contribution >= 0.6 is 11.6 Å². The highest BCUT2D eigenvalue weighted by Crippen LogP contribution is 2.23. The summed E-state index contributed by atoms with van der Waals surface area (Å²) in [6.07, 6.45) is 0.982. The summed E-state index contributed by atoms with van der Waals surface area (Å²) in [6, 6.07) is 14.3. The number of hydrogen-bond donors (Lipinski definition) is 3. The van der Waals surface area contributed by atoms with Crippen molar-refractivity contribution in [2.75, 3.05) is 12.4 Å². The van der Waals surface area contributed by atoms with Gasteiger partial charge in [0.15, 0.2) is 0 Å². The highest BCUT2D eigenvalue weighted by molar-refractivity contribution is 6.30. The van der Waals surface area contributed by atoms with Crippen molar-refractivity contribution in [3.05, 3.63) is 70.9 Å². The lowest BCUT2D eigenvalue weighted by atomic mass is 10.1. The Morgan fingerprint density at radius 3 is 2.48 bits per heavy atom. The molecule has 0 unspecified atom stereocenters. The summed E-state index contributed by atoms with van der Waals surface area (Å²) in [5.74, 6) is -0.283. The van der Waals surface area contributed by atoms with E-state index < -0.39 is 6.09 Å². The van der Waals surface area contributed by atoms with Crippen molar-refractivity contribution in [1.29, 1.82) is 0 Å². The number of nitrogens with one attached hydrogen (secondary N) is 3. The van der Waals surface area contributed by atoms with Crippen LogP contribution in [0.2, 0.25) is 5.02 Å². The van der Waals surface area contributed by atoms with E-state index in [0.29, 0.717) is 28.5 Å². The number of benzene rings is 2. The standard InChI is InChI=1S/C19H17ClN4O3/c1-27-19(26)21-10-12-2-8-15(9-3-12)23-18(25)16-11-22-24-17(16)13-4-6-14(20)7-5-13/h2-9,11H,10H2,1H3,(H,21,26)(H,22,24)(H,23,25). The number of ether oxygens (including phenoxy) is 1. The highest BCUT2D eigenvalue weighted by atomic mass is 35.5. The van der Waals surface area contributed by atoms with Crippen LogP contribution in [0, 0.1) is 0 Å². The second kappa shape index (κ2) is 8.37. The summed E-state index contributed by atoms with van der Waals surface area (Å²) in [4.78, 5) is 23.7. The number of carbonyl (C=O) groups is 2. The molecule has 2 amide bonds. The molecule has 8 heteroatoms. The Labute approximate surface area is 160 Å². The number of amides is 2. The largest absolute Gasteiger partial charge is 0.453 e. The average molecular weight is 385 g/mol. The first-order chi connectivity index (χ1) is 13.1. The van der Waals surface area contributed by atoms with Crippen LogP contribution in [-0.2, 0) is 11.3 Å². The van der Waals surface area contributed by atoms with E-state index in [4.69, 9.17) is 11.6 Å². The monoisotopic (exact) mass is 384 g/mol. The van der Waals surface area contributed by atoms with E-state index in [2.05, 4.69) is 25.6 Å².